The van der Waals surface area contributed by atoms with Crippen LogP contribution in [0, 0.1) is 13.8 Å². The molecule has 0 aliphatic heterocycles. The second-order valence-electron chi connectivity index (χ2n) is 4.64. The zero-order valence-corrected chi connectivity index (χ0v) is 12.7. The van der Waals surface area contributed by atoms with Crippen LogP contribution in [0.15, 0.2) is 24.3 Å². The molecule has 0 saturated carbocycles. The highest BCUT2D eigenvalue weighted by molar-refractivity contribution is 6.32. The molecule has 0 unspecified atom stereocenters. The van der Waals surface area contributed by atoms with Crippen LogP contribution in [0.1, 0.15) is 16.8 Å². The number of hydrogen-bond acceptors (Lipinski definition) is 3. The third-order valence-corrected chi connectivity index (χ3v) is 3.20. The Balaban J connectivity index is 2.41. The predicted octanol–water partition coefficient (Wildman–Crippen LogP) is 3.58. The lowest BCUT2D eigenvalue weighted by molar-refractivity contribution is -0.131. The predicted molar refractivity (Wildman–Crippen MR) is 80.9 cm³/mol. The molecule has 1 heterocycles. The molecule has 110 valence electrons. The lowest BCUT2D eigenvalue weighted by atomic mass is 10.2. The van der Waals surface area contributed by atoms with Crippen LogP contribution in [-0.4, -0.2) is 20.9 Å². The molecule has 0 bridgehead atoms. The molecule has 0 aliphatic rings. The highest BCUT2D eigenvalue weighted by Gasteiger charge is 2.15. The first kappa shape index (κ1) is 15.1. The number of benzene rings is 1. The average Bonchev–Trinajstić information content (AvgIpc) is 2.65. The second kappa shape index (κ2) is 6.01. The zero-order chi connectivity index (χ0) is 15.6. The Bertz CT molecular complexity index is 720. The minimum absolute atomic E-state index is 0.441. The molecular formula is C15H15ClN2O3. The molecule has 1 aromatic carbocycles. The van der Waals surface area contributed by atoms with Gasteiger partial charge in [-0.25, -0.2) is 9.48 Å². The van der Waals surface area contributed by atoms with Crippen LogP contribution < -0.4 is 4.74 Å². The fraction of sp³-hybridized carbons (Fsp3) is 0.200. The van der Waals surface area contributed by atoms with Gasteiger partial charge in [0.25, 0.3) is 0 Å². The molecule has 0 fully saturated rings. The number of aliphatic carboxylic acids is 1. The van der Waals surface area contributed by atoms with E-state index in [1.54, 1.807) is 30.8 Å². The summed E-state index contributed by atoms with van der Waals surface area (Å²) < 4.78 is 7.35. The zero-order valence-electron chi connectivity index (χ0n) is 11.9. The van der Waals surface area contributed by atoms with Crippen LogP contribution in [0.3, 0.4) is 0 Å². The molecule has 21 heavy (non-hydrogen) atoms. The number of rotatable bonds is 4. The van der Waals surface area contributed by atoms with E-state index in [1.165, 1.54) is 6.08 Å². The van der Waals surface area contributed by atoms with Gasteiger partial charge in [0.15, 0.2) is 0 Å². The van der Waals surface area contributed by atoms with Crippen LogP contribution in [0.2, 0.25) is 5.02 Å². The average molecular weight is 307 g/mol. The second-order valence-corrected chi connectivity index (χ2v) is 5.04. The molecule has 0 aliphatic carbocycles. The molecule has 0 atom stereocenters. The van der Waals surface area contributed by atoms with Crippen LogP contribution >= 0.6 is 11.6 Å². The molecule has 1 aromatic heterocycles. The molecule has 0 saturated heterocycles. The number of carboxylic acid groups (broad SMARTS) is 1. The summed E-state index contributed by atoms with van der Waals surface area (Å²) in [5.41, 5.74) is 2.31. The first-order chi connectivity index (χ1) is 9.88. The van der Waals surface area contributed by atoms with Crippen molar-refractivity contribution in [3.05, 3.63) is 46.1 Å². The number of aryl methyl sites for hydroxylation is 3. The van der Waals surface area contributed by atoms with E-state index in [0.717, 1.165) is 11.6 Å². The van der Waals surface area contributed by atoms with Crippen molar-refractivity contribution < 1.29 is 14.6 Å². The van der Waals surface area contributed by atoms with Gasteiger partial charge in [-0.2, -0.15) is 5.10 Å². The lowest BCUT2D eigenvalue weighted by Gasteiger charge is -2.09. The van der Waals surface area contributed by atoms with Crippen LogP contribution in [0.5, 0.6) is 11.6 Å². The third kappa shape index (κ3) is 3.44. The van der Waals surface area contributed by atoms with Crippen LogP contribution in [0.25, 0.3) is 6.08 Å². The summed E-state index contributed by atoms with van der Waals surface area (Å²) in [6, 6.07) is 5.45. The van der Waals surface area contributed by atoms with Crippen molar-refractivity contribution in [1.29, 1.82) is 0 Å². The summed E-state index contributed by atoms with van der Waals surface area (Å²) in [5, 5.41) is 13.5. The standard InChI is InChI=1S/C15H15ClN2O3/c1-9-4-6-13(12(16)8-9)21-15-11(5-7-14(19)20)10(2)17-18(15)3/h4-8H,1-3H3,(H,19,20). The van der Waals surface area contributed by atoms with Crippen LogP contribution in [0.4, 0.5) is 0 Å². The Morgan fingerprint density at radius 2 is 2.14 bits per heavy atom. The van der Waals surface area contributed by atoms with Gasteiger partial charge in [0, 0.05) is 13.1 Å². The quantitative estimate of drug-likeness (QED) is 0.877. The van der Waals surface area contributed by atoms with E-state index in [-0.39, 0.29) is 0 Å². The maximum Gasteiger partial charge on any atom is 0.328 e. The largest absolute Gasteiger partial charge is 0.478 e. The number of carboxylic acids is 1. The molecule has 6 heteroatoms. The lowest BCUT2D eigenvalue weighted by Crippen LogP contribution is -1.96. The summed E-state index contributed by atoms with van der Waals surface area (Å²) >= 11 is 6.15. The van der Waals surface area contributed by atoms with Gasteiger partial charge in [-0.15, -0.1) is 0 Å². The third-order valence-electron chi connectivity index (χ3n) is 2.90. The first-order valence-corrected chi connectivity index (χ1v) is 6.65. The van der Waals surface area contributed by atoms with E-state index in [2.05, 4.69) is 5.10 Å². The molecule has 0 spiro atoms. The van der Waals surface area contributed by atoms with Crippen molar-refractivity contribution >= 4 is 23.6 Å². The molecule has 2 aromatic rings. The van der Waals surface area contributed by atoms with Crippen molar-refractivity contribution in [2.75, 3.05) is 0 Å². The van der Waals surface area contributed by atoms with Crippen molar-refractivity contribution in [2.24, 2.45) is 7.05 Å². The first-order valence-electron chi connectivity index (χ1n) is 6.27. The van der Waals surface area contributed by atoms with Crippen molar-refractivity contribution in [3.63, 3.8) is 0 Å². The molecular weight excluding hydrogens is 292 g/mol. The van der Waals surface area contributed by atoms with Gasteiger partial charge in [0.1, 0.15) is 5.75 Å². The van der Waals surface area contributed by atoms with Gasteiger partial charge in [-0.05, 0) is 37.6 Å². The van der Waals surface area contributed by atoms with E-state index in [0.29, 0.717) is 27.9 Å². The van der Waals surface area contributed by atoms with Crippen molar-refractivity contribution in [1.82, 2.24) is 9.78 Å². The summed E-state index contributed by atoms with van der Waals surface area (Å²) in [7, 11) is 1.72. The molecule has 0 amide bonds. The molecule has 0 radical (unpaired) electrons. The topological polar surface area (TPSA) is 64.3 Å². The van der Waals surface area contributed by atoms with Crippen molar-refractivity contribution in [3.8, 4) is 11.6 Å². The minimum atomic E-state index is -1.03. The fourth-order valence-electron chi connectivity index (χ4n) is 1.91. The smallest absolute Gasteiger partial charge is 0.328 e. The number of ether oxygens (including phenoxy) is 1. The van der Waals surface area contributed by atoms with E-state index in [9.17, 15) is 4.79 Å². The Labute approximate surface area is 127 Å². The summed E-state index contributed by atoms with van der Waals surface area (Å²) in [6.07, 6.45) is 2.51. The van der Waals surface area contributed by atoms with Gasteiger partial charge in [-0.1, -0.05) is 17.7 Å². The Hall–Kier alpha value is -2.27. The molecule has 5 nitrogen and oxygen atoms in total. The number of aromatic nitrogens is 2. The maximum atomic E-state index is 10.7. The Morgan fingerprint density at radius 1 is 1.43 bits per heavy atom. The van der Waals surface area contributed by atoms with Gasteiger partial charge in [0.05, 0.1) is 16.3 Å². The summed E-state index contributed by atoms with van der Waals surface area (Å²) in [4.78, 5) is 10.7. The van der Waals surface area contributed by atoms with Gasteiger partial charge in [0.2, 0.25) is 5.88 Å². The van der Waals surface area contributed by atoms with Crippen LogP contribution in [-0.2, 0) is 11.8 Å². The fourth-order valence-corrected chi connectivity index (χ4v) is 2.19. The summed E-state index contributed by atoms with van der Waals surface area (Å²) in [6.45, 7) is 3.72. The maximum absolute atomic E-state index is 10.7. The van der Waals surface area contributed by atoms with Gasteiger partial charge >= 0.3 is 5.97 Å². The highest BCUT2D eigenvalue weighted by atomic mass is 35.5. The van der Waals surface area contributed by atoms with Crippen molar-refractivity contribution in [2.45, 2.75) is 13.8 Å². The number of nitrogens with zero attached hydrogens (tertiary/aromatic N) is 2. The number of halogens is 1. The molecule has 2 rings (SSSR count). The number of carbonyl (C=O) groups is 1. The van der Waals surface area contributed by atoms with E-state index in [4.69, 9.17) is 21.4 Å². The monoisotopic (exact) mass is 306 g/mol. The molecule has 1 N–H and O–H groups in total. The van der Waals surface area contributed by atoms with E-state index >= 15 is 0 Å². The SMILES string of the molecule is Cc1ccc(Oc2c(C=CC(=O)O)c(C)nn2C)c(Cl)c1. The van der Waals surface area contributed by atoms with Gasteiger partial charge < -0.3 is 9.84 Å². The number of hydrogen-bond donors (Lipinski definition) is 1. The normalized spacial score (nSPS) is 11.0. The Kier molecular flexibility index (Phi) is 4.33. The Morgan fingerprint density at radius 3 is 2.76 bits per heavy atom. The summed E-state index contributed by atoms with van der Waals surface area (Å²) in [5.74, 6) is -0.0939. The van der Waals surface area contributed by atoms with Gasteiger partial charge in [-0.3, -0.25) is 0 Å². The minimum Gasteiger partial charge on any atom is -0.478 e. The highest BCUT2D eigenvalue weighted by Crippen LogP contribution is 2.33. The van der Waals surface area contributed by atoms with E-state index in [1.807, 2.05) is 13.0 Å². The van der Waals surface area contributed by atoms with E-state index < -0.39 is 5.97 Å².